The van der Waals surface area contributed by atoms with Crippen molar-refractivity contribution in [1.29, 1.82) is 0 Å². The maximum Gasteiger partial charge on any atom is 0.300 e. The minimum atomic E-state index is -0.779. The first-order chi connectivity index (χ1) is 17.8. The fourth-order valence-corrected chi connectivity index (χ4v) is 4.30. The van der Waals surface area contributed by atoms with Crippen LogP contribution >= 0.6 is 0 Å². The number of carbonyl (C=O) groups excluding carboxylic acids is 2. The van der Waals surface area contributed by atoms with Crippen LogP contribution < -0.4 is 14.4 Å². The van der Waals surface area contributed by atoms with Gasteiger partial charge in [0, 0.05) is 11.3 Å². The number of Topliss-reactive ketones (excluding diaryl/α,β-unsaturated/α-hetero) is 1. The van der Waals surface area contributed by atoms with Crippen molar-refractivity contribution in [2.45, 2.75) is 40.2 Å². The number of anilines is 1. The molecule has 3 aromatic carbocycles. The molecule has 37 heavy (non-hydrogen) atoms. The molecular formula is C31H33NO5. The number of aryl methyl sites for hydroxylation is 1. The molecule has 0 saturated carbocycles. The Morgan fingerprint density at radius 1 is 0.946 bits per heavy atom. The Morgan fingerprint density at radius 3 is 2.22 bits per heavy atom. The first-order valence-corrected chi connectivity index (χ1v) is 12.6. The highest BCUT2D eigenvalue weighted by atomic mass is 16.5. The topological polar surface area (TPSA) is 76.1 Å². The second-order valence-electron chi connectivity index (χ2n) is 9.65. The molecule has 1 heterocycles. The maximum absolute atomic E-state index is 13.4. The number of ether oxygens (including phenoxy) is 2. The van der Waals surface area contributed by atoms with Crippen LogP contribution in [0.3, 0.4) is 0 Å². The van der Waals surface area contributed by atoms with E-state index in [1.807, 2.05) is 38.1 Å². The fourth-order valence-electron chi connectivity index (χ4n) is 4.30. The van der Waals surface area contributed by atoms with Crippen LogP contribution in [0.2, 0.25) is 0 Å². The van der Waals surface area contributed by atoms with Crippen LogP contribution in [0.5, 0.6) is 11.5 Å². The molecule has 1 unspecified atom stereocenters. The number of benzene rings is 3. The van der Waals surface area contributed by atoms with E-state index in [-0.39, 0.29) is 11.3 Å². The van der Waals surface area contributed by atoms with Crippen LogP contribution in [-0.4, -0.2) is 30.0 Å². The quantitative estimate of drug-likeness (QED) is 0.208. The van der Waals surface area contributed by atoms with Gasteiger partial charge in [-0.25, -0.2) is 0 Å². The van der Waals surface area contributed by atoms with Crippen molar-refractivity contribution in [3.63, 3.8) is 0 Å². The highest BCUT2D eigenvalue weighted by Gasteiger charge is 2.47. The summed E-state index contributed by atoms with van der Waals surface area (Å²) < 4.78 is 11.4. The summed E-state index contributed by atoms with van der Waals surface area (Å²) >= 11 is 0. The summed E-state index contributed by atoms with van der Waals surface area (Å²) in [5.74, 6) is 0.111. The van der Waals surface area contributed by atoms with Crippen LogP contribution in [0.25, 0.3) is 5.76 Å². The van der Waals surface area contributed by atoms with Gasteiger partial charge in [0.1, 0.15) is 17.3 Å². The average molecular weight is 500 g/mol. The normalized spacial score (nSPS) is 16.9. The van der Waals surface area contributed by atoms with Crippen LogP contribution in [0.4, 0.5) is 5.69 Å². The first kappa shape index (κ1) is 26.0. The third-order valence-electron chi connectivity index (χ3n) is 6.10. The minimum absolute atomic E-state index is 0.0537. The van der Waals surface area contributed by atoms with Crippen LogP contribution in [0, 0.1) is 12.8 Å². The van der Waals surface area contributed by atoms with Gasteiger partial charge in [0.25, 0.3) is 11.7 Å². The van der Waals surface area contributed by atoms with E-state index in [1.54, 1.807) is 48.5 Å². The highest BCUT2D eigenvalue weighted by molar-refractivity contribution is 6.51. The molecular weight excluding hydrogens is 466 g/mol. The molecule has 0 radical (unpaired) electrons. The summed E-state index contributed by atoms with van der Waals surface area (Å²) in [6.07, 6.45) is 0.881. The van der Waals surface area contributed by atoms with Gasteiger partial charge in [-0.1, -0.05) is 50.6 Å². The van der Waals surface area contributed by atoms with Gasteiger partial charge in [-0.15, -0.1) is 0 Å². The number of aliphatic hydroxyl groups is 1. The molecule has 1 aliphatic heterocycles. The number of hydrogen-bond donors (Lipinski definition) is 1. The second-order valence-corrected chi connectivity index (χ2v) is 9.65. The lowest BCUT2D eigenvalue weighted by Gasteiger charge is -2.26. The number of carbonyl (C=O) groups is 2. The van der Waals surface area contributed by atoms with Crippen molar-refractivity contribution in [1.82, 2.24) is 0 Å². The zero-order valence-corrected chi connectivity index (χ0v) is 21.7. The standard InChI is InChI=1S/C31H33NO5/c1-5-17-36-25-13-9-22(10-14-25)29(33)27-28(23-8-6-7-21(4)18-23)32(31(35)30(27)34)24-11-15-26(16-12-24)37-19-20(2)3/h6-16,18,20,28,33H,5,17,19H2,1-4H3/b29-27-. The summed E-state index contributed by atoms with van der Waals surface area (Å²) in [6, 6.07) is 20.9. The summed E-state index contributed by atoms with van der Waals surface area (Å²) in [7, 11) is 0. The van der Waals surface area contributed by atoms with Gasteiger partial charge in [-0.2, -0.15) is 0 Å². The predicted octanol–water partition coefficient (Wildman–Crippen LogP) is 6.44. The Morgan fingerprint density at radius 2 is 1.59 bits per heavy atom. The molecule has 192 valence electrons. The number of nitrogens with zero attached hydrogens (tertiary/aromatic N) is 1. The van der Waals surface area contributed by atoms with Crippen molar-refractivity contribution in [3.05, 3.63) is 95.1 Å². The van der Waals surface area contributed by atoms with E-state index in [0.717, 1.165) is 17.5 Å². The molecule has 1 N–H and O–H groups in total. The molecule has 1 amide bonds. The third kappa shape index (κ3) is 5.69. The molecule has 1 saturated heterocycles. The lowest BCUT2D eigenvalue weighted by molar-refractivity contribution is -0.132. The lowest BCUT2D eigenvalue weighted by Crippen LogP contribution is -2.29. The SMILES string of the molecule is CCCOc1ccc(/C(O)=C2/C(=O)C(=O)N(c3ccc(OCC(C)C)cc3)C2c2cccc(C)c2)cc1. The van der Waals surface area contributed by atoms with Gasteiger partial charge in [0.05, 0.1) is 24.8 Å². The molecule has 0 aromatic heterocycles. The molecule has 0 bridgehead atoms. The smallest absolute Gasteiger partial charge is 0.300 e. The van der Waals surface area contributed by atoms with E-state index in [2.05, 4.69) is 13.8 Å². The van der Waals surface area contributed by atoms with Crippen LogP contribution in [-0.2, 0) is 9.59 Å². The number of hydrogen-bond acceptors (Lipinski definition) is 5. The summed E-state index contributed by atoms with van der Waals surface area (Å²) in [5, 5.41) is 11.3. The molecule has 3 aromatic rings. The molecule has 1 fully saturated rings. The molecule has 0 spiro atoms. The molecule has 1 atom stereocenters. The van der Waals surface area contributed by atoms with Crippen molar-refractivity contribution >= 4 is 23.1 Å². The Hall–Kier alpha value is -4.06. The minimum Gasteiger partial charge on any atom is -0.507 e. The molecule has 0 aliphatic carbocycles. The van der Waals surface area contributed by atoms with E-state index in [9.17, 15) is 14.7 Å². The predicted molar refractivity (Wildman–Crippen MR) is 145 cm³/mol. The third-order valence-corrected chi connectivity index (χ3v) is 6.10. The summed E-state index contributed by atoms with van der Waals surface area (Å²) in [4.78, 5) is 28.2. The van der Waals surface area contributed by atoms with Crippen molar-refractivity contribution in [3.8, 4) is 11.5 Å². The van der Waals surface area contributed by atoms with Crippen LogP contribution in [0.15, 0.2) is 78.4 Å². The van der Waals surface area contributed by atoms with Gasteiger partial charge in [-0.05, 0) is 73.4 Å². The van der Waals surface area contributed by atoms with Gasteiger partial charge >= 0.3 is 0 Å². The van der Waals surface area contributed by atoms with E-state index in [1.165, 1.54) is 4.90 Å². The molecule has 6 nitrogen and oxygen atoms in total. The van der Waals surface area contributed by atoms with Crippen molar-refractivity contribution < 1.29 is 24.2 Å². The van der Waals surface area contributed by atoms with Crippen molar-refractivity contribution in [2.75, 3.05) is 18.1 Å². The van der Waals surface area contributed by atoms with E-state index in [0.29, 0.717) is 41.9 Å². The van der Waals surface area contributed by atoms with Crippen LogP contribution in [0.1, 0.15) is 49.9 Å². The average Bonchev–Trinajstić information content (AvgIpc) is 3.16. The van der Waals surface area contributed by atoms with E-state index in [4.69, 9.17) is 9.47 Å². The Balaban J connectivity index is 1.77. The largest absolute Gasteiger partial charge is 0.507 e. The van der Waals surface area contributed by atoms with Gasteiger partial charge in [0.2, 0.25) is 0 Å². The lowest BCUT2D eigenvalue weighted by atomic mass is 9.94. The second kappa shape index (κ2) is 11.3. The summed E-state index contributed by atoms with van der Waals surface area (Å²) in [5.41, 5.74) is 2.77. The Labute approximate surface area is 218 Å². The number of ketones is 1. The molecule has 4 rings (SSSR count). The first-order valence-electron chi connectivity index (χ1n) is 12.6. The zero-order chi connectivity index (χ0) is 26.5. The number of rotatable bonds is 9. The molecule has 6 heteroatoms. The summed E-state index contributed by atoms with van der Waals surface area (Å²) in [6.45, 7) is 9.28. The number of amides is 1. The zero-order valence-electron chi connectivity index (χ0n) is 21.7. The Kier molecular flexibility index (Phi) is 7.97. The van der Waals surface area contributed by atoms with Crippen molar-refractivity contribution in [2.24, 2.45) is 5.92 Å². The van der Waals surface area contributed by atoms with E-state index >= 15 is 0 Å². The highest BCUT2D eigenvalue weighted by Crippen LogP contribution is 2.42. The van der Waals surface area contributed by atoms with Gasteiger partial charge < -0.3 is 14.6 Å². The molecule has 1 aliphatic rings. The van der Waals surface area contributed by atoms with E-state index < -0.39 is 17.7 Å². The Bertz CT molecular complexity index is 1290. The van der Waals surface area contributed by atoms with Gasteiger partial charge in [0.15, 0.2) is 0 Å². The number of aliphatic hydroxyl groups excluding tert-OH is 1. The fraction of sp³-hybridized carbons (Fsp3) is 0.290. The monoisotopic (exact) mass is 499 g/mol. The maximum atomic E-state index is 13.4. The van der Waals surface area contributed by atoms with Gasteiger partial charge in [-0.3, -0.25) is 14.5 Å².